The molecule has 0 radical (unpaired) electrons. The summed E-state index contributed by atoms with van der Waals surface area (Å²) in [5, 5.41) is 5.11. The minimum atomic E-state index is -0.308. The molecular formula is C17H16Cl2N2O2. The molecule has 120 valence electrons. The van der Waals surface area contributed by atoms with Gasteiger partial charge in [-0.3, -0.25) is 4.79 Å². The van der Waals surface area contributed by atoms with E-state index in [1.807, 2.05) is 6.92 Å². The molecule has 4 nitrogen and oxygen atoms in total. The lowest BCUT2D eigenvalue weighted by Gasteiger charge is -2.06. The molecule has 0 bridgehead atoms. The first-order valence-electron chi connectivity index (χ1n) is 7.04. The van der Waals surface area contributed by atoms with E-state index in [9.17, 15) is 4.79 Å². The summed E-state index contributed by atoms with van der Waals surface area (Å²) in [4.78, 5) is 12.1. The summed E-state index contributed by atoms with van der Waals surface area (Å²) in [5.41, 5.74) is 4.30. The van der Waals surface area contributed by atoms with Crippen molar-refractivity contribution in [3.05, 3.63) is 63.6 Å². The second kappa shape index (κ2) is 7.99. The van der Waals surface area contributed by atoms with Crippen LogP contribution in [-0.2, 0) is 0 Å². The fraction of sp³-hybridized carbons (Fsp3) is 0.176. The second-order valence-electron chi connectivity index (χ2n) is 4.72. The van der Waals surface area contributed by atoms with Crippen LogP contribution < -0.4 is 10.2 Å². The van der Waals surface area contributed by atoms with E-state index >= 15 is 0 Å². The maximum Gasteiger partial charge on any atom is 0.271 e. The normalized spacial score (nSPS) is 11.2. The fourth-order valence-electron chi connectivity index (χ4n) is 1.91. The van der Waals surface area contributed by atoms with E-state index in [4.69, 9.17) is 27.9 Å². The van der Waals surface area contributed by atoms with Crippen LogP contribution in [-0.4, -0.2) is 18.2 Å². The average molecular weight is 351 g/mol. The predicted molar refractivity (Wildman–Crippen MR) is 93.8 cm³/mol. The van der Waals surface area contributed by atoms with Gasteiger partial charge in [0.25, 0.3) is 5.91 Å². The molecule has 0 unspecified atom stereocenters. The number of halogens is 2. The van der Waals surface area contributed by atoms with Gasteiger partial charge in [0.05, 0.1) is 17.3 Å². The molecule has 0 spiro atoms. The van der Waals surface area contributed by atoms with Crippen molar-refractivity contribution < 1.29 is 9.53 Å². The SMILES string of the molecule is CCOc1ccc(C(=O)N/N=C(\C)c2ccc(Cl)cc2Cl)cc1. The first-order chi connectivity index (χ1) is 11.0. The van der Waals surface area contributed by atoms with Crippen LogP contribution >= 0.6 is 23.2 Å². The number of nitrogens with zero attached hydrogens (tertiary/aromatic N) is 1. The molecule has 6 heteroatoms. The molecule has 0 fully saturated rings. The highest BCUT2D eigenvalue weighted by atomic mass is 35.5. The van der Waals surface area contributed by atoms with Gasteiger partial charge in [0.2, 0.25) is 0 Å². The molecule has 0 saturated heterocycles. The van der Waals surface area contributed by atoms with E-state index in [1.54, 1.807) is 49.4 Å². The van der Waals surface area contributed by atoms with E-state index < -0.39 is 0 Å². The standard InChI is InChI=1S/C17H16Cl2N2O2/c1-3-23-14-7-4-12(5-8-14)17(22)21-20-11(2)15-9-6-13(18)10-16(15)19/h4-10H,3H2,1-2H3,(H,21,22)/b20-11+. The van der Waals surface area contributed by atoms with Crippen molar-refractivity contribution in [3.63, 3.8) is 0 Å². The lowest BCUT2D eigenvalue weighted by atomic mass is 10.1. The molecule has 0 aromatic heterocycles. The molecule has 2 rings (SSSR count). The lowest BCUT2D eigenvalue weighted by Crippen LogP contribution is -2.19. The number of hydrazone groups is 1. The number of hydrogen-bond acceptors (Lipinski definition) is 3. The van der Waals surface area contributed by atoms with E-state index in [1.165, 1.54) is 0 Å². The van der Waals surface area contributed by atoms with Crippen molar-refractivity contribution in [2.24, 2.45) is 5.10 Å². The van der Waals surface area contributed by atoms with Crippen molar-refractivity contribution in [1.82, 2.24) is 5.43 Å². The van der Waals surface area contributed by atoms with Crippen LogP contribution in [0.3, 0.4) is 0 Å². The lowest BCUT2D eigenvalue weighted by molar-refractivity contribution is 0.0955. The number of carbonyl (C=O) groups excluding carboxylic acids is 1. The van der Waals surface area contributed by atoms with E-state index in [0.29, 0.717) is 33.5 Å². The first kappa shape index (κ1) is 17.3. The average Bonchev–Trinajstić information content (AvgIpc) is 2.53. The molecule has 0 aliphatic carbocycles. The molecule has 0 saturated carbocycles. The Labute approximate surface area is 145 Å². The van der Waals surface area contributed by atoms with Gasteiger partial charge in [-0.15, -0.1) is 0 Å². The molecule has 2 aromatic rings. The third-order valence-electron chi connectivity index (χ3n) is 3.07. The number of carbonyl (C=O) groups is 1. The van der Waals surface area contributed by atoms with Gasteiger partial charge in [0.15, 0.2) is 0 Å². The Hall–Kier alpha value is -2.04. The first-order valence-corrected chi connectivity index (χ1v) is 7.79. The van der Waals surface area contributed by atoms with Crippen molar-refractivity contribution >= 4 is 34.8 Å². The number of rotatable bonds is 5. The van der Waals surface area contributed by atoms with Crippen LogP contribution in [0.4, 0.5) is 0 Å². The third kappa shape index (κ3) is 4.71. The number of ether oxygens (including phenoxy) is 1. The summed E-state index contributed by atoms with van der Waals surface area (Å²) in [6.45, 7) is 4.24. The van der Waals surface area contributed by atoms with Crippen LogP contribution in [0.5, 0.6) is 5.75 Å². The zero-order valence-corrected chi connectivity index (χ0v) is 14.3. The van der Waals surface area contributed by atoms with Crippen molar-refractivity contribution in [1.29, 1.82) is 0 Å². The zero-order valence-electron chi connectivity index (χ0n) is 12.8. The van der Waals surface area contributed by atoms with Gasteiger partial charge in [0, 0.05) is 16.1 Å². The minimum absolute atomic E-state index is 0.308. The number of nitrogens with one attached hydrogen (secondary N) is 1. The highest BCUT2D eigenvalue weighted by molar-refractivity contribution is 6.37. The topological polar surface area (TPSA) is 50.7 Å². The van der Waals surface area contributed by atoms with Gasteiger partial charge in [-0.25, -0.2) is 5.43 Å². The van der Waals surface area contributed by atoms with Crippen molar-refractivity contribution in [3.8, 4) is 5.75 Å². The fourth-order valence-corrected chi connectivity index (χ4v) is 2.46. The summed E-state index contributed by atoms with van der Waals surface area (Å²) in [7, 11) is 0. The van der Waals surface area contributed by atoms with E-state index in [-0.39, 0.29) is 5.91 Å². The molecule has 0 aliphatic rings. The quantitative estimate of drug-likeness (QED) is 0.635. The summed E-state index contributed by atoms with van der Waals surface area (Å²) >= 11 is 12.0. The maximum atomic E-state index is 12.1. The van der Waals surface area contributed by atoms with Crippen LogP contribution in [0.2, 0.25) is 10.0 Å². The maximum absolute atomic E-state index is 12.1. The van der Waals surface area contributed by atoms with Crippen molar-refractivity contribution in [2.45, 2.75) is 13.8 Å². The van der Waals surface area contributed by atoms with Gasteiger partial charge in [0.1, 0.15) is 5.75 Å². The highest BCUT2D eigenvalue weighted by Gasteiger charge is 2.07. The van der Waals surface area contributed by atoms with Gasteiger partial charge in [-0.05, 0) is 50.2 Å². The minimum Gasteiger partial charge on any atom is -0.494 e. The highest BCUT2D eigenvalue weighted by Crippen LogP contribution is 2.21. The molecule has 0 aliphatic heterocycles. The zero-order chi connectivity index (χ0) is 16.8. The Morgan fingerprint density at radius 2 is 1.87 bits per heavy atom. The second-order valence-corrected chi connectivity index (χ2v) is 5.56. The van der Waals surface area contributed by atoms with Crippen LogP contribution in [0, 0.1) is 0 Å². The molecule has 0 atom stereocenters. The Kier molecular flexibility index (Phi) is 6.02. The summed E-state index contributed by atoms with van der Waals surface area (Å²) < 4.78 is 5.33. The van der Waals surface area contributed by atoms with E-state index in [2.05, 4.69) is 10.5 Å². The van der Waals surface area contributed by atoms with Gasteiger partial charge >= 0.3 is 0 Å². The Morgan fingerprint density at radius 1 is 1.17 bits per heavy atom. The number of benzene rings is 2. The number of amides is 1. The molecular weight excluding hydrogens is 335 g/mol. The largest absolute Gasteiger partial charge is 0.494 e. The molecule has 1 N–H and O–H groups in total. The number of hydrogen-bond donors (Lipinski definition) is 1. The van der Waals surface area contributed by atoms with Gasteiger partial charge < -0.3 is 4.74 Å². The monoisotopic (exact) mass is 350 g/mol. The third-order valence-corrected chi connectivity index (χ3v) is 3.62. The smallest absolute Gasteiger partial charge is 0.271 e. The Bertz CT molecular complexity index is 728. The summed E-state index contributed by atoms with van der Waals surface area (Å²) in [6, 6.07) is 11.9. The van der Waals surface area contributed by atoms with Crippen LogP contribution in [0.25, 0.3) is 0 Å². The molecule has 23 heavy (non-hydrogen) atoms. The summed E-state index contributed by atoms with van der Waals surface area (Å²) in [5.74, 6) is 0.411. The molecule has 0 heterocycles. The van der Waals surface area contributed by atoms with Crippen LogP contribution in [0.15, 0.2) is 47.6 Å². The van der Waals surface area contributed by atoms with E-state index in [0.717, 1.165) is 5.75 Å². The summed E-state index contributed by atoms with van der Waals surface area (Å²) in [6.07, 6.45) is 0. The van der Waals surface area contributed by atoms with Crippen molar-refractivity contribution in [2.75, 3.05) is 6.61 Å². The predicted octanol–water partition coefficient (Wildman–Crippen LogP) is 4.55. The van der Waals surface area contributed by atoms with Crippen LogP contribution in [0.1, 0.15) is 29.8 Å². The molecule has 2 aromatic carbocycles. The Balaban J connectivity index is 2.07. The van der Waals surface area contributed by atoms with Gasteiger partial charge in [-0.2, -0.15) is 5.10 Å². The van der Waals surface area contributed by atoms with Gasteiger partial charge in [-0.1, -0.05) is 29.3 Å². The molecule has 1 amide bonds. The Morgan fingerprint density at radius 3 is 2.48 bits per heavy atom.